The smallest absolute Gasteiger partial charge is 0.331 e. The topological polar surface area (TPSA) is 110 Å². The van der Waals surface area contributed by atoms with E-state index in [0.717, 1.165) is 17.0 Å². The van der Waals surface area contributed by atoms with Gasteiger partial charge in [0.05, 0.1) is 18.4 Å². The van der Waals surface area contributed by atoms with Gasteiger partial charge in [-0.25, -0.2) is 4.79 Å². The molecule has 0 bridgehead atoms. The van der Waals surface area contributed by atoms with E-state index in [1.807, 2.05) is 13.8 Å². The van der Waals surface area contributed by atoms with Crippen molar-refractivity contribution in [3.05, 3.63) is 70.7 Å². The summed E-state index contributed by atoms with van der Waals surface area (Å²) in [5.74, 6) is 1.01. The van der Waals surface area contributed by atoms with E-state index in [0.29, 0.717) is 29.4 Å². The summed E-state index contributed by atoms with van der Waals surface area (Å²) in [6, 6.07) is 9.18. The number of furan rings is 2. The fraction of sp³-hybridized carbons (Fsp3) is 0.227. The molecule has 0 atom stereocenters. The Bertz CT molecular complexity index is 1130. The molecule has 30 heavy (non-hydrogen) atoms. The van der Waals surface area contributed by atoms with Crippen LogP contribution in [0.3, 0.4) is 0 Å². The number of nitriles is 1. The number of carbonyl (C=O) groups is 2. The number of aryl methyl sites for hydroxylation is 1. The number of amides is 1. The van der Waals surface area contributed by atoms with E-state index >= 15 is 0 Å². The van der Waals surface area contributed by atoms with E-state index in [4.69, 9.17) is 13.6 Å². The van der Waals surface area contributed by atoms with E-state index in [1.165, 1.54) is 12.2 Å². The molecule has 3 aromatic heterocycles. The van der Waals surface area contributed by atoms with Crippen LogP contribution >= 0.6 is 0 Å². The van der Waals surface area contributed by atoms with Gasteiger partial charge < -0.3 is 23.5 Å². The number of carbonyl (C=O) groups excluding carboxylic acids is 2. The molecule has 0 aromatic carbocycles. The van der Waals surface area contributed by atoms with Crippen molar-refractivity contribution in [2.24, 2.45) is 0 Å². The fourth-order valence-corrected chi connectivity index (χ4v) is 2.93. The van der Waals surface area contributed by atoms with Crippen LogP contribution in [-0.4, -0.2) is 23.1 Å². The van der Waals surface area contributed by atoms with Crippen molar-refractivity contribution in [2.75, 3.05) is 11.9 Å². The molecule has 0 spiro atoms. The average Bonchev–Trinajstić information content (AvgIpc) is 3.43. The van der Waals surface area contributed by atoms with Gasteiger partial charge in [0.15, 0.2) is 6.61 Å². The molecule has 1 N–H and O–H groups in total. The predicted octanol–water partition coefficient (Wildman–Crippen LogP) is 3.71. The van der Waals surface area contributed by atoms with Gasteiger partial charge in [0, 0.05) is 11.8 Å². The first-order valence-electron chi connectivity index (χ1n) is 9.22. The van der Waals surface area contributed by atoms with Crippen molar-refractivity contribution >= 4 is 23.8 Å². The number of esters is 1. The molecular formula is C22H21N3O5. The highest BCUT2D eigenvalue weighted by molar-refractivity contribution is 5.95. The Labute approximate surface area is 173 Å². The van der Waals surface area contributed by atoms with Crippen molar-refractivity contribution in [1.82, 2.24) is 4.57 Å². The summed E-state index contributed by atoms with van der Waals surface area (Å²) >= 11 is 0. The number of anilines is 1. The van der Waals surface area contributed by atoms with Gasteiger partial charge in [-0.05, 0) is 56.7 Å². The van der Waals surface area contributed by atoms with Gasteiger partial charge in [-0.1, -0.05) is 0 Å². The molecule has 0 saturated heterocycles. The molecule has 0 aliphatic rings. The van der Waals surface area contributed by atoms with Crippen LogP contribution in [0.1, 0.15) is 34.1 Å². The lowest BCUT2D eigenvalue weighted by Crippen LogP contribution is -2.22. The van der Waals surface area contributed by atoms with Crippen molar-refractivity contribution in [2.45, 2.75) is 27.3 Å². The van der Waals surface area contributed by atoms with Crippen molar-refractivity contribution in [3.63, 3.8) is 0 Å². The Morgan fingerprint density at radius 1 is 1.27 bits per heavy atom. The number of ether oxygens (including phenoxy) is 1. The van der Waals surface area contributed by atoms with Gasteiger partial charge in [-0.15, -0.1) is 0 Å². The number of nitrogens with one attached hydrogen (secondary N) is 1. The molecular weight excluding hydrogens is 386 g/mol. The van der Waals surface area contributed by atoms with Gasteiger partial charge >= 0.3 is 5.97 Å². The molecule has 1 amide bonds. The second-order valence-corrected chi connectivity index (χ2v) is 6.65. The van der Waals surface area contributed by atoms with Gasteiger partial charge in [0.25, 0.3) is 5.91 Å². The number of nitrogens with zero attached hydrogens (tertiary/aromatic N) is 2. The summed E-state index contributed by atoms with van der Waals surface area (Å²) in [5, 5.41) is 12.2. The zero-order chi connectivity index (χ0) is 21.7. The van der Waals surface area contributed by atoms with Gasteiger partial charge in [-0.3, -0.25) is 4.79 Å². The Morgan fingerprint density at radius 3 is 2.70 bits per heavy atom. The summed E-state index contributed by atoms with van der Waals surface area (Å²) in [4.78, 5) is 24.2. The largest absolute Gasteiger partial charge is 0.467 e. The minimum absolute atomic E-state index is 0.339. The number of hydrogen-bond donors (Lipinski definition) is 1. The monoisotopic (exact) mass is 407 g/mol. The summed E-state index contributed by atoms with van der Waals surface area (Å²) in [7, 11) is 0. The first-order chi connectivity index (χ1) is 14.4. The van der Waals surface area contributed by atoms with Gasteiger partial charge in [-0.2, -0.15) is 5.26 Å². The summed E-state index contributed by atoms with van der Waals surface area (Å²) < 4.78 is 17.5. The van der Waals surface area contributed by atoms with Crippen LogP contribution in [0, 0.1) is 32.1 Å². The Balaban J connectivity index is 1.67. The molecule has 0 radical (unpaired) electrons. The van der Waals surface area contributed by atoms with E-state index in [-0.39, 0.29) is 0 Å². The van der Waals surface area contributed by atoms with Crippen LogP contribution < -0.4 is 5.32 Å². The van der Waals surface area contributed by atoms with E-state index in [9.17, 15) is 14.9 Å². The predicted molar refractivity (Wildman–Crippen MR) is 108 cm³/mol. The third kappa shape index (κ3) is 4.70. The third-order valence-corrected chi connectivity index (χ3v) is 4.58. The first kappa shape index (κ1) is 20.7. The number of rotatable bonds is 7. The molecule has 3 aromatic rings. The molecule has 0 aliphatic heterocycles. The maximum atomic E-state index is 12.4. The maximum absolute atomic E-state index is 12.4. The summed E-state index contributed by atoms with van der Waals surface area (Å²) in [5.41, 5.74) is 1.94. The van der Waals surface area contributed by atoms with E-state index < -0.39 is 18.5 Å². The van der Waals surface area contributed by atoms with Crippen LogP contribution in [-0.2, 0) is 20.9 Å². The Hall–Kier alpha value is -3.99. The number of aromatic nitrogens is 1. The summed E-state index contributed by atoms with van der Waals surface area (Å²) in [6.07, 6.45) is 4.20. The standard InChI is InChI=1S/C22H21N3O5/c1-14-6-7-17(30-14)8-9-21(27)29-13-20(26)24-22-19(11-23)15(2)16(3)25(22)12-18-5-4-10-28-18/h4-10H,12-13H2,1-3H3,(H,24,26)/b9-8+. The van der Waals surface area contributed by atoms with E-state index in [1.54, 1.807) is 42.0 Å². The molecule has 8 heteroatoms. The molecule has 0 aliphatic carbocycles. The van der Waals surface area contributed by atoms with Crippen LogP contribution in [0.15, 0.2) is 45.4 Å². The van der Waals surface area contributed by atoms with Gasteiger partial charge in [0.2, 0.25) is 0 Å². The Kier molecular flexibility index (Phi) is 6.23. The molecule has 154 valence electrons. The van der Waals surface area contributed by atoms with Crippen LogP contribution in [0.5, 0.6) is 0 Å². The molecule has 8 nitrogen and oxygen atoms in total. The molecule has 3 rings (SSSR count). The lowest BCUT2D eigenvalue weighted by Gasteiger charge is -2.12. The minimum atomic E-state index is -0.682. The highest BCUT2D eigenvalue weighted by Crippen LogP contribution is 2.27. The minimum Gasteiger partial charge on any atom is -0.467 e. The van der Waals surface area contributed by atoms with Crippen LogP contribution in [0.4, 0.5) is 5.82 Å². The summed E-state index contributed by atoms with van der Waals surface area (Å²) in [6.45, 7) is 5.32. The van der Waals surface area contributed by atoms with Crippen LogP contribution in [0.25, 0.3) is 6.08 Å². The lowest BCUT2D eigenvalue weighted by molar-refractivity contribution is -0.142. The second-order valence-electron chi connectivity index (χ2n) is 6.65. The average molecular weight is 407 g/mol. The number of hydrogen-bond acceptors (Lipinski definition) is 6. The maximum Gasteiger partial charge on any atom is 0.331 e. The highest BCUT2D eigenvalue weighted by atomic mass is 16.5. The molecule has 0 fully saturated rings. The second kappa shape index (κ2) is 9.01. The van der Waals surface area contributed by atoms with Crippen molar-refractivity contribution < 1.29 is 23.2 Å². The van der Waals surface area contributed by atoms with Crippen molar-refractivity contribution in [1.29, 1.82) is 5.26 Å². The van der Waals surface area contributed by atoms with E-state index in [2.05, 4.69) is 11.4 Å². The molecule has 0 saturated carbocycles. The SMILES string of the molecule is Cc1ccc(/C=C/C(=O)OCC(=O)Nc2c(C#N)c(C)c(C)n2Cc2ccco2)o1. The third-order valence-electron chi connectivity index (χ3n) is 4.58. The van der Waals surface area contributed by atoms with Gasteiger partial charge in [0.1, 0.15) is 29.2 Å². The normalized spacial score (nSPS) is 10.9. The lowest BCUT2D eigenvalue weighted by atomic mass is 10.2. The Morgan fingerprint density at radius 2 is 2.07 bits per heavy atom. The molecule has 3 heterocycles. The first-order valence-corrected chi connectivity index (χ1v) is 9.22. The van der Waals surface area contributed by atoms with Crippen molar-refractivity contribution in [3.8, 4) is 6.07 Å². The molecule has 0 unspecified atom stereocenters. The van der Waals surface area contributed by atoms with Crippen LogP contribution in [0.2, 0.25) is 0 Å². The quantitative estimate of drug-likeness (QED) is 0.472. The highest BCUT2D eigenvalue weighted by Gasteiger charge is 2.20. The zero-order valence-corrected chi connectivity index (χ0v) is 16.9. The zero-order valence-electron chi connectivity index (χ0n) is 16.9. The fourth-order valence-electron chi connectivity index (χ4n) is 2.93.